The maximum atomic E-state index is 13.1. The molecule has 0 aromatic heterocycles. The quantitative estimate of drug-likeness (QED) is 0.408. The fourth-order valence-electron chi connectivity index (χ4n) is 4.67. The van der Waals surface area contributed by atoms with Crippen molar-refractivity contribution in [3.8, 4) is 11.5 Å². The summed E-state index contributed by atoms with van der Waals surface area (Å²) >= 11 is 3.43. The lowest BCUT2D eigenvalue weighted by atomic mass is 9.54. The van der Waals surface area contributed by atoms with Gasteiger partial charge in [-0.3, -0.25) is 4.79 Å². The molecule has 3 aliphatic carbocycles. The number of aliphatic hydroxyl groups is 2. The van der Waals surface area contributed by atoms with E-state index in [4.69, 9.17) is 4.74 Å². The number of carbonyl (C=O) groups excluding carboxylic acids is 1. The van der Waals surface area contributed by atoms with Gasteiger partial charge in [0.2, 0.25) is 0 Å². The van der Waals surface area contributed by atoms with Gasteiger partial charge in [0, 0.05) is 10.9 Å². The Morgan fingerprint density at radius 1 is 0.931 bits per heavy atom. The maximum absolute atomic E-state index is 13.1. The number of fused-ring (bicyclic) bond motifs is 1. The standard InChI is InChI=1S/C23H17BrO5/c24-13-9-10-16-17(11-13)22(27)12-18(21(26)29-20-8-4-3-7-19(20)25)23(16,28)15-6-2-1-5-14(15)22/h1-11,18,25,27-28H,12H2. The van der Waals surface area contributed by atoms with E-state index < -0.39 is 23.1 Å². The molecule has 3 unspecified atom stereocenters. The zero-order valence-electron chi connectivity index (χ0n) is 15.2. The molecule has 6 heteroatoms. The van der Waals surface area contributed by atoms with Crippen LogP contribution < -0.4 is 4.74 Å². The lowest BCUT2D eigenvalue weighted by molar-refractivity contribution is -0.157. The highest BCUT2D eigenvalue weighted by Crippen LogP contribution is 2.60. The Morgan fingerprint density at radius 2 is 1.59 bits per heavy atom. The predicted octanol–water partition coefficient (Wildman–Crippen LogP) is 3.57. The van der Waals surface area contributed by atoms with Crippen LogP contribution in [0.4, 0.5) is 0 Å². The summed E-state index contributed by atoms with van der Waals surface area (Å²) in [6.45, 7) is 0. The molecule has 6 rings (SSSR count). The Balaban J connectivity index is 1.68. The van der Waals surface area contributed by atoms with Crippen molar-refractivity contribution in [1.29, 1.82) is 0 Å². The van der Waals surface area contributed by atoms with Gasteiger partial charge in [-0.1, -0.05) is 58.4 Å². The molecule has 0 saturated carbocycles. The molecule has 0 saturated heterocycles. The highest BCUT2D eigenvalue weighted by Gasteiger charge is 2.62. The van der Waals surface area contributed by atoms with Crippen molar-refractivity contribution in [3.05, 3.63) is 93.5 Å². The minimum Gasteiger partial charge on any atom is -0.504 e. The Hall–Kier alpha value is -2.67. The van der Waals surface area contributed by atoms with Crippen LogP contribution in [0.15, 0.2) is 71.2 Å². The van der Waals surface area contributed by atoms with Crippen LogP contribution in [0.5, 0.6) is 11.5 Å². The smallest absolute Gasteiger partial charge is 0.318 e. The first-order valence-electron chi connectivity index (χ1n) is 9.20. The van der Waals surface area contributed by atoms with Crippen LogP contribution in [0, 0.1) is 5.92 Å². The summed E-state index contributed by atoms with van der Waals surface area (Å²) in [4.78, 5) is 13.1. The molecular formula is C23H17BrO5. The molecule has 0 radical (unpaired) electrons. The number of aromatic hydroxyl groups is 1. The SMILES string of the molecule is O=C(Oc1ccccc1O)C1CC2(O)c3ccccc3C1(O)c1ccc(Br)cc12. The van der Waals surface area contributed by atoms with E-state index in [0.29, 0.717) is 22.3 Å². The number of para-hydroxylation sites is 2. The van der Waals surface area contributed by atoms with Crippen molar-refractivity contribution in [1.82, 2.24) is 0 Å². The molecule has 5 nitrogen and oxygen atoms in total. The largest absolute Gasteiger partial charge is 0.504 e. The number of halogens is 1. The number of phenolic OH excluding ortho intramolecular Hbond substituents is 1. The second kappa shape index (κ2) is 6.16. The van der Waals surface area contributed by atoms with Crippen LogP contribution in [0.1, 0.15) is 28.7 Å². The number of esters is 1. The summed E-state index contributed by atoms with van der Waals surface area (Å²) in [5.74, 6) is -1.91. The molecule has 146 valence electrons. The van der Waals surface area contributed by atoms with Gasteiger partial charge in [0.25, 0.3) is 0 Å². The summed E-state index contributed by atoms with van der Waals surface area (Å²) in [5.41, 5.74) is -0.976. The van der Waals surface area contributed by atoms with Gasteiger partial charge in [-0.25, -0.2) is 0 Å². The van der Waals surface area contributed by atoms with Gasteiger partial charge in [-0.15, -0.1) is 0 Å². The second-order valence-electron chi connectivity index (χ2n) is 7.51. The van der Waals surface area contributed by atoms with Crippen molar-refractivity contribution < 1.29 is 24.9 Å². The van der Waals surface area contributed by atoms with Crippen LogP contribution in [-0.2, 0) is 16.0 Å². The van der Waals surface area contributed by atoms with Gasteiger partial charge >= 0.3 is 5.97 Å². The molecule has 3 atom stereocenters. The second-order valence-corrected chi connectivity index (χ2v) is 8.42. The number of benzene rings is 3. The van der Waals surface area contributed by atoms with Gasteiger partial charge in [0.05, 0.1) is 5.92 Å². The molecule has 3 aromatic carbocycles. The lowest BCUT2D eigenvalue weighted by Gasteiger charge is -2.53. The molecule has 0 spiro atoms. The number of hydrogen-bond donors (Lipinski definition) is 3. The maximum Gasteiger partial charge on any atom is 0.318 e. The third-order valence-corrected chi connectivity index (χ3v) is 6.48. The van der Waals surface area contributed by atoms with Gasteiger partial charge in [0.15, 0.2) is 11.5 Å². The van der Waals surface area contributed by atoms with Gasteiger partial charge in [0.1, 0.15) is 11.2 Å². The zero-order valence-corrected chi connectivity index (χ0v) is 16.8. The third-order valence-electron chi connectivity index (χ3n) is 5.99. The topological polar surface area (TPSA) is 87.0 Å². The van der Waals surface area contributed by atoms with Crippen molar-refractivity contribution in [2.75, 3.05) is 0 Å². The Bertz CT molecular complexity index is 1160. The minimum atomic E-state index is -1.65. The number of phenols is 1. The van der Waals surface area contributed by atoms with Gasteiger partial charge < -0.3 is 20.1 Å². The molecule has 2 bridgehead atoms. The van der Waals surface area contributed by atoms with Crippen molar-refractivity contribution in [3.63, 3.8) is 0 Å². The van der Waals surface area contributed by atoms with Crippen molar-refractivity contribution in [2.24, 2.45) is 5.92 Å². The molecular weight excluding hydrogens is 436 g/mol. The van der Waals surface area contributed by atoms with Crippen LogP contribution in [-0.4, -0.2) is 21.3 Å². The average molecular weight is 453 g/mol. The highest BCUT2D eigenvalue weighted by atomic mass is 79.9. The van der Waals surface area contributed by atoms with E-state index in [1.54, 1.807) is 54.6 Å². The molecule has 0 aliphatic heterocycles. The van der Waals surface area contributed by atoms with E-state index in [1.165, 1.54) is 12.1 Å². The van der Waals surface area contributed by atoms with Crippen LogP contribution >= 0.6 is 15.9 Å². The van der Waals surface area contributed by atoms with Crippen LogP contribution in [0.25, 0.3) is 0 Å². The molecule has 3 N–H and O–H groups in total. The van der Waals surface area contributed by atoms with Crippen LogP contribution in [0.3, 0.4) is 0 Å². The summed E-state index contributed by atoms with van der Waals surface area (Å²) < 4.78 is 6.20. The number of hydrogen-bond acceptors (Lipinski definition) is 5. The van der Waals surface area contributed by atoms with Crippen LogP contribution in [0.2, 0.25) is 0 Å². The van der Waals surface area contributed by atoms with E-state index in [0.717, 1.165) is 4.47 Å². The van der Waals surface area contributed by atoms with Gasteiger partial charge in [-0.05, 0) is 46.5 Å². The Kier molecular flexibility index (Phi) is 3.90. The summed E-state index contributed by atoms with van der Waals surface area (Å²) in [5, 5.41) is 33.6. The van der Waals surface area contributed by atoms with E-state index >= 15 is 0 Å². The summed E-state index contributed by atoms with van der Waals surface area (Å²) in [7, 11) is 0. The predicted molar refractivity (Wildman–Crippen MR) is 108 cm³/mol. The molecule has 0 fully saturated rings. The first kappa shape index (κ1) is 18.4. The number of ether oxygens (including phenoxy) is 1. The molecule has 0 heterocycles. The molecule has 3 aliphatic rings. The van der Waals surface area contributed by atoms with Gasteiger partial charge in [-0.2, -0.15) is 0 Å². The fraction of sp³-hybridized carbons (Fsp3) is 0.174. The Labute approximate surface area is 175 Å². The van der Waals surface area contributed by atoms with E-state index in [1.807, 2.05) is 0 Å². The number of rotatable bonds is 2. The minimum absolute atomic E-state index is 0.0128. The third kappa shape index (κ3) is 2.43. The number of carbonyl (C=O) groups is 1. The molecule has 0 amide bonds. The highest BCUT2D eigenvalue weighted by molar-refractivity contribution is 9.10. The lowest BCUT2D eigenvalue weighted by Crippen LogP contribution is -2.57. The molecule has 3 aromatic rings. The van der Waals surface area contributed by atoms with E-state index in [-0.39, 0.29) is 17.9 Å². The monoisotopic (exact) mass is 452 g/mol. The fourth-order valence-corrected chi connectivity index (χ4v) is 5.03. The summed E-state index contributed by atoms with van der Waals surface area (Å²) in [6, 6.07) is 18.5. The first-order valence-corrected chi connectivity index (χ1v) is 10.00. The van der Waals surface area contributed by atoms with Crippen molar-refractivity contribution >= 4 is 21.9 Å². The van der Waals surface area contributed by atoms with E-state index in [9.17, 15) is 20.1 Å². The molecule has 29 heavy (non-hydrogen) atoms. The van der Waals surface area contributed by atoms with Crippen molar-refractivity contribution in [2.45, 2.75) is 17.6 Å². The normalized spacial score (nSPS) is 26.5. The zero-order chi connectivity index (χ0) is 20.4. The first-order chi connectivity index (χ1) is 13.9. The van der Waals surface area contributed by atoms with E-state index in [2.05, 4.69) is 15.9 Å². The summed E-state index contributed by atoms with van der Waals surface area (Å²) in [6.07, 6.45) is -0.0314. The average Bonchev–Trinajstić information content (AvgIpc) is 2.71. The Morgan fingerprint density at radius 3 is 2.34 bits per heavy atom.